The maximum Gasteiger partial charge on any atom is 0.248 e. The van der Waals surface area contributed by atoms with Crippen molar-refractivity contribution in [1.82, 2.24) is 14.3 Å². The zero-order valence-corrected chi connectivity index (χ0v) is 18.8. The molecule has 2 aromatic heterocycles. The second-order valence-corrected chi connectivity index (χ2v) is 9.17. The van der Waals surface area contributed by atoms with Gasteiger partial charge in [0.15, 0.2) is 0 Å². The summed E-state index contributed by atoms with van der Waals surface area (Å²) in [5.74, 6) is 1.15. The lowest BCUT2D eigenvalue weighted by molar-refractivity contribution is 0.261. The van der Waals surface area contributed by atoms with Crippen LogP contribution >= 0.6 is 11.5 Å². The highest BCUT2D eigenvalue weighted by Crippen LogP contribution is 2.29. The molecule has 0 amide bonds. The van der Waals surface area contributed by atoms with E-state index in [4.69, 9.17) is 4.37 Å². The van der Waals surface area contributed by atoms with Gasteiger partial charge >= 0.3 is 0 Å². The van der Waals surface area contributed by atoms with Crippen molar-refractivity contribution in [1.29, 1.82) is 0 Å². The first kappa shape index (κ1) is 20.2. The van der Waals surface area contributed by atoms with Crippen molar-refractivity contribution < 1.29 is 0 Å². The number of aromatic nitrogens is 2. The lowest BCUT2D eigenvalue weighted by Crippen LogP contribution is -2.47. The molecular weight excluding hydrogens is 404 g/mol. The molecule has 1 saturated heterocycles. The van der Waals surface area contributed by atoms with Gasteiger partial charge < -0.3 is 9.88 Å². The third kappa shape index (κ3) is 4.23. The summed E-state index contributed by atoms with van der Waals surface area (Å²) in [7, 11) is 0. The summed E-state index contributed by atoms with van der Waals surface area (Å²) in [6.45, 7) is 7.39. The van der Waals surface area contributed by atoms with Gasteiger partial charge in [-0.1, -0.05) is 31.5 Å². The highest BCUT2D eigenvalue weighted by atomic mass is 32.1. The normalized spacial score (nSPS) is 15.2. The van der Waals surface area contributed by atoms with Crippen LogP contribution in [0.4, 0.5) is 5.82 Å². The van der Waals surface area contributed by atoms with Gasteiger partial charge in [0.2, 0.25) is 5.56 Å². The number of hydrogen-bond acceptors (Lipinski definition) is 5. The smallest absolute Gasteiger partial charge is 0.248 e. The molecular formula is C25H28N4OS. The SMILES string of the molecule is CCCc1cc(=O)[nH]c2ccc(CCN3CCN(c4nsc5ccccc45)CC3)cc12. The van der Waals surface area contributed by atoms with Gasteiger partial charge in [0, 0.05) is 55.1 Å². The summed E-state index contributed by atoms with van der Waals surface area (Å²) < 4.78 is 5.98. The second kappa shape index (κ2) is 8.81. The third-order valence-electron chi connectivity index (χ3n) is 6.26. The average Bonchev–Trinajstić information content (AvgIpc) is 3.22. The highest BCUT2D eigenvalue weighted by molar-refractivity contribution is 7.13. The van der Waals surface area contributed by atoms with Crippen LogP contribution in [0.2, 0.25) is 0 Å². The minimum Gasteiger partial charge on any atom is -0.353 e. The molecule has 2 aromatic carbocycles. The fraction of sp³-hybridized carbons (Fsp3) is 0.360. The number of piperazine rings is 1. The molecule has 0 unspecified atom stereocenters. The van der Waals surface area contributed by atoms with E-state index in [2.05, 4.69) is 64.2 Å². The number of anilines is 1. The van der Waals surface area contributed by atoms with Gasteiger partial charge in [-0.2, -0.15) is 4.37 Å². The van der Waals surface area contributed by atoms with Crippen LogP contribution in [0.3, 0.4) is 0 Å². The van der Waals surface area contributed by atoms with Crippen LogP contribution in [-0.2, 0) is 12.8 Å². The molecule has 0 atom stereocenters. The molecule has 5 rings (SSSR count). The Labute approximate surface area is 186 Å². The van der Waals surface area contributed by atoms with Crippen molar-refractivity contribution in [2.24, 2.45) is 0 Å². The minimum atomic E-state index is -0.00513. The number of rotatable bonds is 6. The van der Waals surface area contributed by atoms with Crippen LogP contribution < -0.4 is 10.5 Å². The van der Waals surface area contributed by atoms with E-state index >= 15 is 0 Å². The van der Waals surface area contributed by atoms with Crippen molar-refractivity contribution >= 4 is 38.3 Å². The average molecular weight is 433 g/mol. The van der Waals surface area contributed by atoms with Gasteiger partial charge in [-0.3, -0.25) is 9.69 Å². The molecule has 1 N–H and O–H groups in total. The van der Waals surface area contributed by atoms with Crippen molar-refractivity contribution in [3.8, 4) is 0 Å². The van der Waals surface area contributed by atoms with Crippen LogP contribution in [0, 0.1) is 0 Å². The Morgan fingerprint density at radius 2 is 1.84 bits per heavy atom. The van der Waals surface area contributed by atoms with E-state index in [1.54, 1.807) is 17.6 Å². The number of aryl methyl sites for hydroxylation is 1. The highest BCUT2D eigenvalue weighted by Gasteiger charge is 2.20. The Hall–Kier alpha value is -2.70. The molecule has 0 spiro atoms. The van der Waals surface area contributed by atoms with Crippen molar-refractivity contribution in [2.75, 3.05) is 37.6 Å². The zero-order chi connectivity index (χ0) is 21.2. The molecule has 5 nitrogen and oxygen atoms in total. The van der Waals surface area contributed by atoms with E-state index in [0.717, 1.165) is 68.9 Å². The number of hydrogen-bond donors (Lipinski definition) is 1. The van der Waals surface area contributed by atoms with Gasteiger partial charge in [-0.25, -0.2) is 0 Å². The van der Waals surface area contributed by atoms with Gasteiger partial charge in [-0.15, -0.1) is 0 Å². The van der Waals surface area contributed by atoms with E-state index < -0.39 is 0 Å². The minimum absolute atomic E-state index is 0.00513. The first-order chi connectivity index (χ1) is 15.2. The van der Waals surface area contributed by atoms with E-state index in [-0.39, 0.29) is 5.56 Å². The number of pyridine rings is 1. The standard InChI is InChI=1S/C25H28N4OS/c1-2-5-19-17-24(30)26-22-9-8-18(16-21(19)22)10-11-28-12-14-29(15-13-28)25-20-6-3-4-7-23(20)31-27-25/h3-4,6-9,16-17H,2,5,10-15H2,1H3,(H,26,30). The molecule has 160 valence electrons. The molecule has 3 heterocycles. The lowest BCUT2D eigenvalue weighted by atomic mass is 10.0. The maximum absolute atomic E-state index is 11.9. The van der Waals surface area contributed by atoms with Crippen LogP contribution in [-0.4, -0.2) is 47.0 Å². The molecule has 31 heavy (non-hydrogen) atoms. The molecule has 1 fully saturated rings. The Morgan fingerprint density at radius 3 is 2.68 bits per heavy atom. The quantitative estimate of drug-likeness (QED) is 0.489. The molecule has 0 aliphatic carbocycles. The first-order valence-electron chi connectivity index (χ1n) is 11.2. The fourth-order valence-corrected chi connectivity index (χ4v) is 5.37. The number of nitrogens with one attached hydrogen (secondary N) is 1. The summed E-state index contributed by atoms with van der Waals surface area (Å²) in [5.41, 5.74) is 3.44. The van der Waals surface area contributed by atoms with Crippen LogP contribution in [0.5, 0.6) is 0 Å². The molecule has 0 radical (unpaired) electrons. The van der Waals surface area contributed by atoms with E-state index in [0.29, 0.717) is 0 Å². The predicted octanol–water partition coefficient (Wildman–Crippen LogP) is 4.46. The van der Waals surface area contributed by atoms with Gasteiger partial charge in [0.05, 0.1) is 4.70 Å². The number of benzene rings is 2. The van der Waals surface area contributed by atoms with E-state index in [9.17, 15) is 4.79 Å². The summed E-state index contributed by atoms with van der Waals surface area (Å²) in [6, 6.07) is 16.8. The van der Waals surface area contributed by atoms with Crippen molar-refractivity contribution in [2.45, 2.75) is 26.2 Å². The van der Waals surface area contributed by atoms with Crippen molar-refractivity contribution in [3.05, 3.63) is 70.0 Å². The Balaban J connectivity index is 1.23. The molecule has 6 heteroatoms. The van der Waals surface area contributed by atoms with E-state index in [1.165, 1.54) is 21.0 Å². The summed E-state index contributed by atoms with van der Waals surface area (Å²) in [4.78, 5) is 19.9. The fourth-order valence-electron chi connectivity index (χ4n) is 4.57. The molecule has 0 saturated carbocycles. The van der Waals surface area contributed by atoms with Crippen LogP contribution in [0.25, 0.3) is 21.0 Å². The summed E-state index contributed by atoms with van der Waals surface area (Å²) >= 11 is 1.59. The summed E-state index contributed by atoms with van der Waals surface area (Å²) in [6.07, 6.45) is 3.01. The largest absolute Gasteiger partial charge is 0.353 e. The number of aromatic amines is 1. The topological polar surface area (TPSA) is 52.2 Å². The Kier molecular flexibility index (Phi) is 5.74. The molecule has 4 aromatic rings. The predicted molar refractivity (Wildman–Crippen MR) is 131 cm³/mol. The van der Waals surface area contributed by atoms with Crippen molar-refractivity contribution in [3.63, 3.8) is 0 Å². The Bertz CT molecular complexity index is 1250. The molecule has 0 bridgehead atoms. The van der Waals surface area contributed by atoms with E-state index in [1.807, 2.05) is 0 Å². The van der Waals surface area contributed by atoms with Crippen LogP contribution in [0.15, 0.2) is 53.3 Å². The molecule has 1 aliphatic rings. The van der Waals surface area contributed by atoms with Crippen LogP contribution in [0.1, 0.15) is 24.5 Å². The summed E-state index contributed by atoms with van der Waals surface area (Å²) in [5, 5.41) is 2.47. The number of nitrogens with zero attached hydrogens (tertiary/aromatic N) is 3. The second-order valence-electron chi connectivity index (χ2n) is 8.37. The Morgan fingerprint density at radius 1 is 1.00 bits per heavy atom. The lowest BCUT2D eigenvalue weighted by Gasteiger charge is -2.35. The number of H-pyrrole nitrogens is 1. The first-order valence-corrected chi connectivity index (χ1v) is 11.9. The zero-order valence-electron chi connectivity index (χ0n) is 17.9. The van der Waals surface area contributed by atoms with Gasteiger partial charge in [0.25, 0.3) is 0 Å². The number of fused-ring (bicyclic) bond motifs is 2. The van der Waals surface area contributed by atoms with Gasteiger partial charge in [-0.05, 0) is 59.8 Å². The van der Waals surface area contributed by atoms with Gasteiger partial charge in [0.1, 0.15) is 5.82 Å². The molecule has 1 aliphatic heterocycles. The third-order valence-corrected chi connectivity index (χ3v) is 7.08. The maximum atomic E-state index is 11.9. The monoisotopic (exact) mass is 432 g/mol.